The molecular formula is C8H12FmNO4-. The number of carbonyl (C=O) groups excluding carboxylic acids is 1. The first-order chi connectivity index (χ1) is 6.25. The zero-order valence-corrected chi connectivity index (χ0v) is 9.85. The van der Waals surface area contributed by atoms with Crippen molar-refractivity contribution in [2.45, 2.75) is 18.9 Å². The summed E-state index contributed by atoms with van der Waals surface area (Å²) in [6.45, 7) is 1.13. The molecular weight excluding hydrogens is 431 g/mol. The van der Waals surface area contributed by atoms with Crippen molar-refractivity contribution in [3.63, 3.8) is 0 Å². The van der Waals surface area contributed by atoms with E-state index in [0.29, 0.717) is 26.1 Å². The normalized spacial score (nSPS) is 19.1. The number of aliphatic carboxylic acids is 1. The van der Waals surface area contributed by atoms with Crippen LogP contribution in [0.1, 0.15) is 12.8 Å². The maximum absolute atomic E-state index is 10.7. The van der Waals surface area contributed by atoms with Crippen LogP contribution in [0.4, 0.5) is 0 Å². The van der Waals surface area contributed by atoms with Crippen molar-refractivity contribution in [3.8, 4) is 0 Å². The second-order valence-corrected chi connectivity index (χ2v) is 3.01. The zero-order chi connectivity index (χ0) is 9.68. The second kappa shape index (κ2) is 5.53. The fourth-order valence-corrected chi connectivity index (χ4v) is 1.49. The predicted octanol–water partition coefficient (Wildman–Crippen LogP) is -0.477. The van der Waals surface area contributed by atoms with E-state index in [1.807, 2.05) is 0 Å². The van der Waals surface area contributed by atoms with Crippen LogP contribution in [0.3, 0.4) is 0 Å². The van der Waals surface area contributed by atoms with Gasteiger partial charge in [-0.05, 0) is 18.8 Å². The summed E-state index contributed by atoms with van der Waals surface area (Å²) in [5.41, 5.74) is 0. The predicted molar refractivity (Wildman–Crippen MR) is 43.8 cm³/mol. The van der Waals surface area contributed by atoms with E-state index in [2.05, 4.69) is 5.32 Å². The molecule has 1 aliphatic rings. The second-order valence-electron chi connectivity index (χ2n) is 3.01. The average Bonchev–Trinajstić information content (AvgIpc) is 2.15. The minimum Gasteiger partial charge on any atom is -0.520 e. The molecule has 0 spiro atoms. The average molecular weight is 443 g/mol. The number of amides is 1. The van der Waals surface area contributed by atoms with Gasteiger partial charge in [-0.3, -0.25) is 4.79 Å². The molecule has 1 heterocycles. The smallest absolute Gasteiger partial charge is 0.323 e. The Morgan fingerprint density at radius 2 is 2.07 bits per heavy atom. The third-order valence-electron chi connectivity index (χ3n) is 2.22. The molecule has 1 unspecified atom stereocenters. The Morgan fingerprint density at radius 1 is 1.50 bits per heavy atom. The van der Waals surface area contributed by atoms with Crippen LogP contribution < -0.4 is 5.32 Å². The monoisotopic (exact) mass is 443 g/mol. The summed E-state index contributed by atoms with van der Waals surface area (Å²) in [5, 5.41) is 11.0. The Labute approximate surface area is 76.1 Å². The summed E-state index contributed by atoms with van der Waals surface area (Å²) in [4.78, 5) is 20.7. The summed E-state index contributed by atoms with van der Waals surface area (Å²) in [5.74, 6) is -1.04. The molecule has 1 rings (SSSR count). The molecule has 0 saturated carbocycles. The van der Waals surface area contributed by atoms with Gasteiger partial charge in [0.2, 0.25) is 0 Å². The van der Waals surface area contributed by atoms with Gasteiger partial charge in [0.25, 0.3) is 0 Å². The third-order valence-corrected chi connectivity index (χ3v) is 2.22. The van der Waals surface area contributed by atoms with Crippen LogP contribution in [-0.4, -0.2) is 36.7 Å². The molecule has 1 aliphatic heterocycles. The minimum atomic E-state index is -1.00. The molecule has 1 atom stereocenters. The van der Waals surface area contributed by atoms with Gasteiger partial charge in [0.15, 0.2) is 0 Å². The van der Waals surface area contributed by atoms with Gasteiger partial charge < -0.3 is 20.0 Å². The van der Waals surface area contributed by atoms with Gasteiger partial charge in [-0.25, -0.2) is 0 Å². The number of hydrogen-bond acceptors (Lipinski definition) is 3. The van der Waals surface area contributed by atoms with Crippen molar-refractivity contribution >= 4 is 12.4 Å². The van der Waals surface area contributed by atoms with Crippen LogP contribution in [0, 0.1) is 5.92 Å². The molecule has 0 aromatic rings. The van der Waals surface area contributed by atoms with E-state index in [0.717, 1.165) is 0 Å². The number of hydrogen-bond donors (Lipinski definition) is 2. The van der Waals surface area contributed by atoms with Gasteiger partial charge in [-0.2, -0.15) is 6.41 Å². The van der Waals surface area contributed by atoms with Gasteiger partial charge in [-0.1, -0.05) is 0 Å². The van der Waals surface area contributed by atoms with E-state index in [4.69, 9.17) is 9.84 Å². The SMILES string of the molecule is O=[C-]NC(C(=O)O)C1CCOCC1.[Fm]. The zero-order valence-electron chi connectivity index (χ0n) is 7.44. The topological polar surface area (TPSA) is 75.6 Å². The summed E-state index contributed by atoms with van der Waals surface area (Å²) in [6, 6.07) is -0.818. The number of carboxylic acid groups (broad SMARTS) is 1. The van der Waals surface area contributed by atoms with Crippen LogP contribution in [-0.2, 0) is 14.3 Å². The molecule has 2 N–H and O–H groups in total. The van der Waals surface area contributed by atoms with E-state index in [-0.39, 0.29) is 5.92 Å². The number of rotatable bonds is 4. The van der Waals surface area contributed by atoms with E-state index in [9.17, 15) is 9.59 Å². The fraction of sp³-hybridized carbons (Fsp3) is 0.750. The van der Waals surface area contributed by atoms with Crippen LogP contribution in [0.25, 0.3) is 0 Å². The third kappa shape index (κ3) is 2.75. The van der Waals surface area contributed by atoms with E-state index < -0.39 is 12.0 Å². The van der Waals surface area contributed by atoms with Gasteiger partial charge in [0, 0.05) is 13.2 Å². The maximum atomic E-state index is 10.7. The first-order valence-corrected chi connectivity index (χ1v) is 4.19. The maximum Gasteiger partial charge on any atom is 0.323 e. The van der Waals surface area contributed by atoms with Gasteiger partial charge in [-0.15, -0.1) is 0 Å². The van der Waals surface area contributed by atoms with E-state index >= 15 is 0 Å². The Bertz CT molecular complexity index is 194. The first kappa shape index (κ1) is 11.9. The fourth-order valence-electron chi connectivity index (χ4n) is 1.49. The van der Waals surface area contributed by atoms with Crippen LogP contribution >= 0.6 is 0 Å². The summed E-state index contributed by atoms with van der Waals surface area (Å²) < 4.78 is 5.09. The molecule has 1 amide bonds. The van der Waals surface area contributed by atoms with Crippen molar-refractivity contribution in [2.75, 3.05) is 13.2 Å². The summed E-state index contributed by atoms with van der Waals surface area (Å²) >= 11 is 0. The molecule has 5 nitrogen and oxygen atoms in total. The van der Waals surface area contributed by atoms with Gasteiger partial charge in [0.05, 0.1) is 0 Å². The first-order valence-electron chi connectivity index (χ1n) is 4.19. The Morgan fingerprint density at radius 3 is 2.50 bits per heavy atom. The standard InChI is InChI=1S/C8H12NO4.Fm/c10-5-9-7(8(11)12)6-1-3-13-4-2-6;/h6-7H,1-4H2,(H,9,10)(H,11,12);/q-1;. The quantitative estimate of drug-likeness (QED) is 0.455. The molecule has 0 aliphatic carbocycles. The molecule has 0 aromatic heterocycles. The molecule has 6 heteroatoms. The molecule has 1 saturated heterocycles. The number of carboxylic acids is 1. The van der Waals surface area contributed by atoms with Crippen molar-refractivity contribution in [1.29, 1.82) is 0 Å². The Kier molecular flexibility index (Phi) is 4.70. The van der Waals surface area contributed by atoms with Crippen LogP contribution in [0.2, 0.25) is 0 Å². The van der Waals surface area contributed by atoms with Crippen molar-refractivity contribution < 1.29 is 19.4 Å². The molecule has 14 heavy (non-hydrogen) atoms. The number of nitrogens with one attached hydrogen (secondary N) is 1. The van der Waals surface area contributed by atoms with Crippen molar-refractivity contribution in [2.24, 2.45) is 5.92 Å². The molecule has 0 bridgehead atoms. The van der Waals surface area contributed by atoms with Crippen molar-refractivity contribution in [3.05, 3.63) is 0 Å². The summed E-state index contributed by atoms with van der Waals surface area (Å²) in [7, 11) is 0. The number of carbonyl (C=O) groups is 1. The molecule has 0 radical (unpaired) electrons. The largest absolute Gasteiger partial charge is 0.520 e. The van der Waals surface area contributed by atoms with Crippen LogP contribution in [0.15, 0.2) is 0 Å². The Balaban J connectivity index is 0.00000169. The molecule has 86 valence electrons. The van der Waals surface area contributed by atoms with E-state index in [1.165, 1.54) is 6.41 Å². The molecule has 1 fully saturated rings. The number of ether oxygens (including phenoxy) is 1. The minimum absolute atomic E-state index is 0. The summed E-state index contributed by atoms with van der Waals surface area (Å²) in [6.07, 6.45) is 2.77. The Hall–Kier alpha value is -2.10. The van der Waals surface area contributed by atoms with E-state index in [1.54, 1.807) is 0 Å². The molecule has 0 aromatic carbocycles. The van der Waals surface area contributed by atoms with Crippen LogP contribution in [0.5, 0.6) is 0 Å². The van der Waals surface area contributed by atoms with Gasteiger partial charge >= 0.3 is 5.97 Å². The van der Waals surface area contributed by atoms with Crippen molar-refractivity contribution in [1.82, 2.24) is 5.32 Å². The van der Waals surface area contributed by atoms with Gasteiger partial charge in [0.1, 0.15) is 6.04 Å².